The zero-order chi connectivity index (χ0) is 9.84. The lowest BCUT2D eigenvalue weighted by molar-refractivity contribution is 0.352. The average molecular weight is 178 g/mol. The summed E-state index contributed by atoms with van der Waals surface area (Å²) in [6, 6.07) is 0. The molecule has 1 aliphatic rings. The third-order valence-electron chi connectivity index (χ3n) is 2.48. The summed E-state index contributed by atoms with van der Waals surface area (Å²) in [5, 5.41) is 3.10. The van der Waals surface area contributed by atoms with Gasteiger partial charge in [-0.3, -0.25) is 0 Å². The molecule has 0 aromatic carbocycles. The fourth-order valence-corrected chi connectivity index (χ4v) is 1.61. The first-order chi connectivity index (χ1) is 6.19. The lowest BCUT2D eigenvalue weighted by atomic mass is 9.98. The first kappa shape index (κ1) is 10.1. The maximum atomic E-state index is 3.98. The summed E-state index contributed by atoms with van der Waals surface area (Å²) >= 11 is 0. The lowest BCUT2D eigenvalue weighted by Gasteiger charge is -2.27. The quantitative estimate of drug-likeness (QED) is 0.705. The van der Waals surface area contributed by atoms with Crippen LogP contribution in [0.15, 0.2) is 36.1 Å². The number of nitrogens with one attached hydrogen (secondary N) is 1. The third-order valence-corrected chi connectivity index (χ3v) is 2.48. The van der Waals surface area contributed by atoms with E-state index < -0.39 is 0 Å². The van der Waals surface area contributed by atoms with E-state index in [4.69, 9.17) is 0 Å². The van der Waals surface area contributed by atoms with Gasteiger partial charge in [0.1, 0.15) is 0 Å². The first-order valence-corrected chi connectivity index (χ1v) is 4.59. The molecule has 0 aromatic heterocycles. The zero-order valence-electron chi connectivity index (χ0n) is 8.56. The minimum absolute atomic E-state index is 0.986. The fraction of sp³-hybridized carbons (Fsp3) is 0.455. The average Bonchev–Trinajstić information content (AvgIpc) is 2.16. The van der Waals surface area contributed by atoms with Gasteiger partial charge in [0.15, 0.2) is 0 Å². The maximum absolute atomic E-state index is 3.98. The second-order valence-electron chi connectivity index (χ2n) is 3.42. The molecule has 0 amide bonds. The van der Waals surface area contributed by atoms with Crippen molar-refractivity contribution in [2.45, 2.75) is 6.42 Å². The molecule has 0 aliphatic carbocycles. The molecule has 0 saturated carbocycles. The van der Waals surface area contributed by atoms with E-state index >= 15 is 0 Å². The number of rotatable bonds is 3. The van der Waals surface area contributed by atoms with Gasteiger partial charge in [-0.25, -0.2) is 0 Å². The van der Waals surface area contributed by atoms with E-state index in [0.29, 0.717) is 0 Å². The predicted molar refractivity (Wildman–Crippen MR) is 57.5 cm³/mol. The van der Waals surface area contributed by atoms with Gasteiger partial charge in [-0.1, -0.05) is 19.2 Å². The molecule has 13 heavy (non-hydrogen) atoms. The monoisotopic (exact) mass is 178 g/mol. The molecule has 0 radical (unpaired) electrons. The topological polar surface area (TPSA) is 15.3 Å². The predicted octanol–water partition coefficient (Wildman–Crippen LogP) is 1.54. The summed E-state index contributed by atoms with van der Waals surface area (Å²) in [5.74, 6) is 0. The Bertz CT molecular complexity index is 251. The zero-order valence-corrected chi connectivity index (χ0v) is 8.56. The van der Waals surface area contributed by atoms with Gasteiger partial charge in [0, 0.05) is 25.8 Å². The van der Waals surface area contributed by atoms with Crippen LogP contribution in [0.1, 0.15) is 6.42 Å². The highest BCUT2D eigenvalue weighted by atomic mass is 15.1. The van der Waals surface area contributed by atoms with Crippen LogP contribution < -0.4 is 5.32 Å². The van der Waals surface area contributed by atoms with E-state index in [1.54, 1.807) is 0 Å². The molecule has 72 valence electrons. The molecule has 0 saturated heterocycles. The van der Waals surface area contributed by atoms with Gasteiger partial charge in [-0.2, -0.15) is 0 Å². The maximum Gasteiger partial charge on any atom is 0.0300 e. The Labute approximate surface area is 80.6 Å². The SMILES string of the molecule is C=CC1=C(C(=C)NC)CCN(C)C1. The number of likely N-dealkylation sites (N-methyl/N-ethyl adjacent to an activating group) is 2. The minimum atomic E-state index is 0.986. The van der Waals surface area contributed by atoms with E-state index in [0.717, 1.165) is 25.2 Å². The molecular weight excluding hydrogens is 160 g/mol. The van der Waals surface area contributed by atoms with Gasteiger partial charge < -0.3 is 10.2 Å². The van der Waals surface area contributed by atoms with Crippen LogP contribution in [-0.2, 0) is 0 Å². The highest BCUT2D eigenvalue weighted by Gasteiger charge is 2.15. The van der Waals surface area contributed by atoms with Crippen molar-refractivity contribution in [2.75, 3.05) is 27.2 Å². The molecule has 0 aromatic rings. The number of allylic oxidation sites excluding steroid dienone is 1. The van der Waals surface area contributed by atoms with Crippen LogP contribution in [0.4, 0.5) is 0 Å². The van der Waals surface area contributed by atoms with Crippen LogP contribution in [0.3, 0.4) is 0 Å². The van der Waals surface area contributed by atoms with Crippen molar-refractivity contribution in [3.63, 3.8) is 0 Å². The van der Waals surface area contributed by atoms with Gasteiger partial charge in [0.25, 0.3) is 0 Å². The molecule has 0 fully saturated rings. The summed E-state index contributed by atoms with van der Waals surface area (Å²) in [4.78, 5) is 2.30. The Kier molecular flexibility index (Phi) is 3.32. The summed E-state index contributed by atoms with van der Waals surface area (Å²) in [6.07, 6.45) is 3.00. The summed E-state index contributed by atoms with van der Waals surface area (Å²) in [6.45, 7) is 9.91. The van der Waals surface area contributed by atoms with Crippen LogP contribution in [0, 0.1) is 0 Å². The van der Waals surface area contributed by atoms with Crippen molar-refractivity contribution < 1.29 is 0 Å². The minimum Gasteiger partial charge on any atom is -0.388 e. The van der Waals surface area contributed by atoms with Crippen LogP contribution in [0.2, 0.25) is 0 Å². The lowest BCUT2D eigenvalue weighted by Crippen LogP contribution is -2.29. The molecule has 2 heteroatoms. The Hall–Kier alpha value is -1.02. The second kappa shape index (κ2) is 4.28. The van der Waals surface area contributed by atoms with Gasteiger partial charge in [-0.15, -0.1) is 0 Å². The molecule has 0 bridgehead atoms. The first-order valence-electron chi connectivity index (χ1n) is 4.59. The van der Waals surface area contributed by atoms with Gasteiger partial charge in [0.05, 0.1) is 0 Å². The van der Waals surface area contributed by atoms with E-state index in [9.17, 15) is 0 Å². The molecule has 0 spiro atoms. The normalized spacial score (nSPS) is 18.6. The van der Waals surface area contributed by atoms with E-state index in [1.165, 1.54) is 11.1 Å². The molecule has 0 atom stereocenters. The summed E-state index contributed by atoms with van der Waals surface area (Å²) in [7, 11) is 4.04. The van der Waals surface area contributed by atoms with E-state index in [-0.39, 0.29) is 0 Å². The number of nitrogens with zero attached hydrogens (tertiary/aromatic N) is 1. The van der Waals surface area contributed by atoms with Gasteiger partial charge in [-0.05, 0) is 24.6 Å². The molecule has 1 heterocycles. The van der Waals surface area contributed by atoms with Crippen molar-refractivity contribution >= 4 is 0 Å². The Balaban J connectivity index is 2.89. The smallest absolute Gasteiger partial charge is 0.0300 e. The van der Waals surface area contributed by atoms with Crippen LogP contribution in [0.5, 0.6) is 0 Å². The van der Waals surface area contributed by atoms with Crippen LogP contribution in [-0.4, -0.2) is 32.1 Å². The molecule has 0 unspecified atom stereocenters. The van der Waals surface area contributed by atoms with Crippen LogP contribution >= 0.6 is 0 Å². The molecule has 1 rings (SSSR count). The third kappa shape index (κ3) is 2.22. The van der Waals surface area contributed by atoms with E-state index in [1.807, 2.05) is 13.1 Å². The molecular formula is C11H18N2. The Morgan fingerprint density at radius 3 is 2.85 bits per heavy atom. The Morgan fingerprint density at radius 1 is 1.62 bits per heavy atom. The van der Waals surface area contributed by atoms with E-state index in [2.05, 4.69) is 30.4 Å². The number of hydrogen-bond donors (Lipinski definition) is 1. The summed E-state index contributed by atoms with van der Waals surface area (Å²) < 4.78 is 0. The standard InChI is InChI=1S/C11H18N2/c1-5-10-8-13(4)7-6-11(10)9(2)12-3/h5,12H,1-2,6-8H2,3-4H3. The number of hydrogen-bond acceptors (Lipinski definition) is 2. The van der Waals surface area contributed by atoms with Crippen molar-refractivity contribution in [1.82, 2.24) is 10.2 Å². The van der Waals surface area contributed by atoms with Crippen LogP contribution in [0.25, 0.3) is 0 Å². The van der Waals surface area contributed by atoms with Gasteiger partial charge in [0.2, 0.25) is 0 Å². The molecule has 1 N–H and O–H groups in total. The fourth-order valence-electron chi connectivity index (χ4n) is 1.61. The van der Waals surface area contributed by atoms with Gasteiger partial charge >= 0.3 is 0 Å². The second-order valence-corrected chi connectivity index (χ2v) is 3.42. The van der Waals surface area contributed by atoms with Crippen molar-refractivity contribution in [2.24, 2.45) is 0 Å². The highest BCUT2D eigenvalue weighted by molar-refractivity contribution is 5.39. The van der Waals surface area contributed by atoms with Crippen molar-refractivity contribution in [3.8, 4) is 0 Å². The highest BCUT2D eigenvalue weighted by Crippen LogP contribution is 2.21. The van der Waals surface area contributed by atoms with Crippen molar-refractivity contribution in [3.05, 3.63) is 36.1 Å². The molecule has 2 nitrogen and oxygen atoms in total. The largest absolute Gasteiger partial charge is 0.388 e. The Morgan fingerprint density at radius 2 is 2.31 bits per heavy atom. The van der Waals surface area contributed by atoms with Crippen molar-refractivity contribution in [1.29, 1.82) is 0 Å². The molecule has 1 aliphatic heterocycles. The summed E-state index contributed by atoms with van der Waals surface area (Å²) in [5.41, 5.74) is 3.66.